The van der Waals surface area contributed by atoms with E-state index >= 15 is 0 Å². The first-order chi connectivity index (χ1) is 6.71. The molecule has 0 aromatic rings. The van der Waals surface area contributed by atoms with Gasteiger partial charge in [0.1, 0.15) is 11.5 Å². The molecule has 0 spiro atoms. The number of likely N-dealkylation sites (tertiary alicyclic amines) is 1. The van der Waals surface area contributed by atoms with Gasteiger partial charge < -0.3 is 0 Å². The number of Topliss-reactive ketones (excluding diaryl/α,β-unsaturated/α-hetero) is 1. The van der Waals surface area contributed by atoms with Gasteiger partial charge in [-0.3, -0.25) is 19.3 Å². The second kappa shape index (κ2) is 3.43. The molecule has 1 atom stereocenters. The maximum Gasteiger partial charge on any atom is 0.243 e. The highest BCUT2D eigenvalue weighted by Gasteiger charge is 2.55. The zero-order chi connectivity index (χ0) is 12.0. The third-order valence-corrected chi connectivity index (χ3v) is 2.89. The van der Waals surface area contributed by atoms with Gasteiger partial charge in [0.05, 0.1) is 0 Å². The summed E-state index contributed by atoms with van der Waals surface area (Å²) in [5, 5.41) is 0. The maximum absolute atomic E-state index is 12.0. The summed E-state index contributed by atoms with van der Waals surface area (Å²) in [5.41, 5.74) is -1.05. The Balaban J connectivity index is 3.22. The zero-order valence-corrected chi connectivity index (χ0v) is 9.83. The number of hydrogen-bond donors (Lipinski definition) is 0. The van der Waals surface area contributed by atoms with Gasteiger partial charge in [0.15, 0.2) is 5.78 Å². The first kappa shape index (κ1) is 11.9. The Morgan fingerprint density at radius 3 is 2.07 bits per heavy atom. The van der Waals surface area contributed by atoms with Crippen LogP contribution in [0.25, 0.3) is 0 Å². The van der Waals surface area contributed by atoms with Crippen molar-refractivity contribution in [2.45, 2.75) is 40.7 Å². The minimum atomic E-state index is -1.05. The lowest BCUT2D eigenvalue weighted by atomic mass is 9.85. The van der Waals surface area contributed by atoms with Crippen LogP contribution in [0.1, 0.15) is 34.6 Å². The van der Waals surface area contributed by atoms with Crippen LogP contribution in [0, 0.1) is 11.3 Å². The number of rotatable bonds is 1. The zero-order valence-electron chi connectivity index (χ0n) is 9.83. The van der Waals surface area contributed by atoms with Crippen LogP contribution in [0.3, 0.4) is 0 Å². The summed E-state index contributed by atoms with van der Waals surface area (Å²) in [6, 6.07) is -0.593. The normalized spacial score (nSPS) is 25.2. The highest BCUT2D eigenvalue weighted by Crippen LogP contribution is 2.35. The van der Waals surface area contributed by atoms with Crippen molar-refractivity contribution in [1.29, 1.82) is 0 Å². The highest BCUT2D eigenvalue weighted by molar-refractivity contribution is 6.19. The number of amides is 2. The quantitative estimate of drug-likeness (QED) is 0.608. The molecule has 0 radical (unpaired) electrons. The van der Waals surface area contributed by atoms with Gasteiger partial charge in [-0.05, 0) is 19.8 Å². The molecule has 0 aromatic carbocycles. The van der Waals surface area contributed by atoms with Gasteiger partial charge in [-0.25, -0.2) is 0 Å². The van der Waals surface area contributed by atoms with E-state index in [4.69, 9.17) is 0 Å². The molecule has 4 heteroatoms. The third kappa shape index (κ3) is 1.58. The van der Waals surface area contributed by atoms with Gasteiger partial charge >= 0.3 is 0 Å². The van der Waals surface area contributed by atoms with Crippen LogP contribution >= 0.6 is 0 Å². The lowest BCUT2D eigenvalue weighted by Crippen LogP contribution is -2.42. The molecule has 1 aliphatic heterocycles. The van der Waals surface area contributed by atoms with Gasteiger partial charge in [0, 0.05) is 6.92 Å². The fourth-order valence-corrected chi connectivity index (χ4v) is 1.96. The van der Waals surface area contributed by atoms with Crippen LogP contribution in [-0.2, 0) is 14.4 Å². The Morgan fingerprint density at radius 2 is 1.80 bits per heavy atom. The Hall–Kier alpha value is -1.19. The van der Waals surface area contributed by atoms with Crippen molar-refractivity contribution in [3.8, 4) is 0 Å². The van der Waals surface area contributed by atoms with Crippen molar-refractivity contribution < 1.29 is 14.4 Å². The fraction of sp³-hybridized carbons (Fsp3) is 0.727. The molecule has 1 rings (SSSR count). The van der Waals surface area contributed by atoms with E-state index in [0.717, 1.165) is 4.90 Å². The summed E-state index contributed by atoms with van der Waals surface area (Å²) in [6.07, 6.45) is 0. The topological polar surface area (TPSA) is 54.5 Å². The first-order valence-corrected chi connectivity index (χ1v) is 5.09. The third-order valence-electron chi connectivity index (χ3n) is 2.89. The Morgan fingerprint density at radius 1 is 1.33 bits per heavy atom. The summed E-state index contributed by atoms with van der Waals surface area (Å²) in [4.78, 5) is 36.3. The molecule has 1 aliphatic rings. The summed E-state index contributed by atoms with van der Waals surface area (Å²) in [7, 11) is 0. The molecule has 0 bridgehead atoms. The van der Waals surface area contributed by atoms with E-state index < -0.39 is 11.5 Å². The van der Waals surface area contributed by atoms with Crippen LogP contribution in [0.15, 0.2) is 0 Å². The minimum absolute atomic E-state index is 0.0351. The van der Waals surface area contributed by atoms with E-state index in [1.165, 1.54) is 6.92 Å². The summed E-state index contributed by atoms with van der Waals surface area (Å²) in [6.45, 7) is 8.16. The number of nitrogens with zero attached hydrogens (tertiary/aromatic N) is 1. The summed E-state index contributed by atoms with van der Waals surface area (Å²) >= 11 is 0. The van der Waals surface area contributed by atoms with Crippen molar-refractivity contribution in [3.63, 3.8) is 0 Å². The van der Waals surface area contributed by atoms with Crippen molar-refractivity contribution in [2.24, 2.45) is 11.3 Å². The predicted molar refractivity (Wildman–Crippen MR) is 54.9 cm³/mol. The molecule has 4 nitrogen and oxygen atoms in total. The lowest BCUT2D eigenvalue weighted by Gasteiger charge is -2.22. The molecule has 0 aliphatic carbocycles. The lowest BCUT2D eigenvalue weighted by molar-refractivity contribution is -0.146. The SMILES string of the molecule is CC(=O)N1C(=O)C(C)(C)C(=O)[C@@H]1C(C)C. The molecule has 2 amide bonds. The molecule has 15 heavy (non-hydrogen) atoms. The van der Waals surface area contributed by atoms with Gasteiger partial charge in [0.25, 0.3) is 0 Å². The van der Waals surface area contributed by atoms with Crippen LogP contribution < -0.4 is 0 Å². The first-order valence-electron chi connectivity index (χ1n) is 5.09. The number of hydrogen-bond acceptors (Lipinski definition) is 3. The van der Waals surface area contributed by atoms with E-state index in [2.05, 4.69) is 0 Å². The van der Waals surface area contributed by atoms with Crippen molar-refractivity contribution >= 4 is 17.6 Å². The van der Waals surface area contributed by atoms with Crippen LogP contribution in [0.4, 0.5) is 0 Å². The minimum Gasteiger partial charge on any atom is -0.296 e. The molecule has 0 saturated carbocycles. The van der Waals surface area contributed by atoms with Crippen LogP contribution in [0.5, 0.6) is 0 Å². The number of ketones is 1. The maximum atomic E-state index is 12.0. The van der Waals surface area contributed by atoms with Gasteiger partial charge in [-0.2, -0.15) is 0 Å². The van der Waals surface area contributed by atoms with E-state index in [9.17, 15) is 14.4 Å². The second-order valence-corrected chi connectivity index (χ2v) is 4.87. The molecule has 84 valence electrons. The second-order valence-electron chi connectivity index (χ2n) is 4.87. The number of imide groups is 1. The molecule has 1 saturated heterocycles. The average Bonchev–Trinajstić information content (AvgIpc) is 2.26. The van der Waals surface area contributed by atoms with Gasteiger partial charge in [-0.15, -0.1) is 0 Å². The monoisotopic (exact) mass is 211 g/mol. The largest absolute Gasteiger partial charge is 0.296 e. The Labute approximate surface area is 89.6 Å². The standard InChI is InChI=1S/C11H17NO3/c1-6(2)8-9(14)11(4,5)10(15)12(8)7(3)13/h6,8H,1-5H3/t8-/m0/s1. The molecule has 1 fully saturated rings. The van der Waals surface area contributed by atoms with Crippen LogP contribution in [-0.4, -0.2) is 28.5 Å². The molecule has 1 heterocycles. The fourth-order valence-electron chi connectivity index (χ4n) is 1.96. The van der Waals surface area contributed by atoms with Gasteiger partial charge in [0.2, 0.25) is 11.8 Å². The van der Waals surface area contributed by atoms with E-state index in [1.54, 1.807) is 13.8 Å². The number of carbonyl (C=O) groups excluding carboxylic acids is 3. The number of carbonyl (C=O) groups is 3. The van der Waals surface area contributed by atoms with Crippen LogP contribution in [0.2, 0.25) is 0 Å². The van der Waals surface area contributed by atoms with Gasteiger partial charge in [-0.1, -0.05) is 13.8 Å². The van der Waals surface area contributed by atoms with Crippen molar-refractivity contribution in [1.82, 2.24) is 4.90 Å². The molecular formula is C11H17NO3. The van der Waals surface area contributed by atoms with Crippen molar-refractivity contribution in [2.75, 3.05) is 0 Å². The molecule has 0 N–H and O–H groups in total. The molecule has 0 unspecified atom stereocenters. The molecular weight excluding hydrogens is 194 g/mol. The van der Waals surface area contributed by atoms with E-state index in [-0.39, 0.29) is 23.5 Å². The summed E-state index contributed by atoms with van der Waals surface area (Å²) in [5.74, 6) is -0.916. The molecule has 0 aromatic heterocycles. The predicted octanol–water partition coefficient (Wildman–Crippen LogP) is 0.995. The van der Waals surface area contributed by atoms with Crippen molar-refractivity contribution in [3.05, 3.63) is 0 Å². The van der Waals surface area contributed by atoms with E-state index in [1.807, 2.05) is 13.8 Å². The summed E-state index contributed by atoms with van der Waals surface area (Å²) < 4.78 is 0. The average molecular weight is 211 g/mol. The Kier molecular flexibility index (Phi) is 2.72. The Bertz CT molecular complexity index is 331. The smallest absolute Gasteiger partial charge is 0.243 e. The highest BCUT2D eigenvalue weighted by atomic mass is 16.2. The van der Waals surface area contributed by atoms with E-state index in [0.29, 0.717) is 0 Å².